The maximum atomic E-state index is 11.0. The van der Waals surface area contributed by atoms with Gasteiger partial charge in [0.2, 0.25) is 11.7 Å². The van der Waals surface area contributed by atoms with Gasteiger partial charge in [-0.1, -0.05) is 17.3 Å². The number of hydrogen-bond donors (Lipinski definition) is 4. The predicted octanol–water partition coefficient (Wildman–Crippen LogP) is 0.250. The van der Waals surface area contributed by atoms with Gasteiger partial charge in [-0.2, -0.15) is 10.2 Å². The standard InChI is InChI=1S/C14H14N6O3/c21-20(22)9-3-1-2-8(4-9)13-18-14(23-19-13)11-5-10-12(6-15-11)17-7-16-10/h1-4,7,11,15,20-21H,5-6H2,(H,16,17). The SMILES string of the molecule is [O-][NH+](O)c1cccc(-c2noc(C3Cc4nc[nH]c4CN3)n2)c1. The van der Waals surface area contributed by atoms with Crippen LogP contribution < -0.4 is 10.5 Å². The first kappa shape index (κ1) is 14.0. The number of imidazole rings is 1. The summed E-state index contributed by atoms with van der Waals surface area (Å²) in [5, 5.41) is 26.4. The van der Waals surface area contributed by atoms with Crippen molar-refractivity contribution in [2.24, 2.45) is 0 Å². The minimum Gasteiger partial charge on any atom is -0.595 e. The quantitative estimate of drug-likeness (QED) is 0.510. The lowest BCUT2D eigenvalue weighted by atomic mass is 10.1. The van der Waals surface area contributed by atoms with Crippen LogP contribution in [0.5, 0.6) is 0 Å². The van der Waals surface area contributed by atoms with Gasteiger partial charge in [0.15, 0.2) is 5.69 Å². The molecule has 0 fully saturated rings. The van der Waals surface area contributed by atoms with Gasteiger partial charge < -0.3 is 14.7 Å². The molecule has 2 unspecified atom stereocenters. The second-order valence-electron chi connectivity index (χ2n) is 5.31. The molecule has 0 spiro atoms. The highest BCUT2D eigenvalue weighted by molar-refractivity contribution is 5.58. The van der Waals surface area contributed by atoms with Gasteiger partial charge in [0.25, 0.3) is 0 Å². The maximum Gasteiger partial charge on any atom is 0.244 e. The molecule has 1 aliphatic heterocycles. The molecule has 0 saturated heterocycles. The number of hydrogen-bond acceptors (Lipinski definition) is 7. The zero-order valence-electron chi connectivity index (χ0n) is 12.0. The summed E-state index contributed by atoms with van der Waals surface area (Å²) in [4.78, 5) is 11.8. The zero-order chi connectivity index (χ0) is 15.8. The van der Waals surface area contributed by atoms with E-state index in [2.05, 4.69) is 25.4 Å². The summed E-state index contributed by atoms with van der Waals surface area (Å²) >= 11 is 0. The fraction of sp³-hybridized carbons (Fsp3) is 0.214. The van der Waals surface area contributed by atoms with Crippen LogP contribution in [0.25, 0.3) is 11.4 Å². The Bertz CT molecular complexity index is 827. The van der Waals surface area contributed by atoms with Crippen molar-refractivity contribution >= 4 is 5.69 Å². The van der Waals surface area contributed by atoms with E-state index in [4.69, 9.17) is 9.73 Å². The van der Waals surface area contributed by atoms with Crippen molar-refractivity contribution in [1.29, 1.82) is 0 Å². The normalized spacial score (nSPS) is 18.6. The maximum absolute atomic E-state index is 11.0. The van der Waals surface area contributed by atoms with E-state index < -0.39 is 5.23 Å². The van der Waals surface area contributed by atoms with E-state index in [1.807, 2.05) is 0 Å². The summed E-state index contributed by atoms with van der Waals surface area (Å²) in [7, 11) is 0. The molecule has 2 aromatic heterocycles. The molecule has 9 heteroatoms. The number of nitrogens with one attached hydrogen (secondary N) is 3. The highest BCUT2D eigenvalue weighted by Gasteiger charge is 2.26. The number of H-pyrrole nitrogens is 1. The van der Waals surface area contributed by atoms with E-state index in [-0.39, 0.29) is 11.7 Å². The second-order valence-corrected chi connectivity index (χ2v) is 5.31. The van der Waals surface area contributed by atoms with E-state index in [1.165, 1.54) is 12.1 Å². The minimum atomic E-state index is -0.990. The summed E-state index contributed by atoms with van der Waals surface area (Å²) in [6.07, 6.45) is 2.33. The van der Waals surface area contributed by atoms with Crippen LogP contribution in [0.2, 0.25) is 0 Å². The van der Waals surface area contributed by atoms with Crippen LogP contribution in [0.15, 0.2) is 35.1 Å². The number of rotatable bonds is 3. The summed E-state index contributed by atoms with van der Waals surface area (Å²) < 4.78 is 5.34. The van der Waals surface area contributed by atoms with E-state index in [0.717, 1.165) is 11.4 Å². The van der Waals surface area contributed by atoms with Crippen molar-refractivity contribution in [3.8, 4) is 11.4 Å². The summed E-state index contributed by atoms with van der Waals surface area (Å²) in [5.74, 6) is 0.840. The smallest absolute Gasteiger partial charge is 0.244 e. The molecule has 1 aliphatic rings. The van der Waals surface area contributed by atoms with Crippen LogP contribution >= 0.6 is 0 Å². The van der Waals surface area contributed by atoms with Crippen LogP contribution in [0, 0.1) is 5.21 Å². The second kappa shape index (κ2) is 5.56. The van der Waals surface area contributed by atoms with Gasteiger partial charge in [-0.25, -0.2) is 10.2 Å². The highest BCUT2D eigenvalue weighted by atomic mass is 16.8. The first-order valence-electron chi connectivity index (χ1n) is 7.12. The number of benzene rings is 1. The molecule has 3 aromatic rings. The van der Waals surface area contributed by atoms with Crippen LogP contribution in [0.3, 0.4) is 0 Å². The average Bonchev–Trinajstić information content (AvgIpc) is 3.23. The van der Waals surface area contributed by atoms with Gasteiger partial charge >= 0.3 is 0 Å². The molecule has 23 heavy (non-hydrogen) atoms. The van der Waals surface area contributed by atoms with E-state index in [9.17, 15) is 5.21 Å². The number of quaternary nitrogens is 1. The van der Waals surface area contributed by atoms with Crippen molar-refractivity contribution in [2.45, 2.75) is 19.0 Å². The molecule has 3 heterocycles. The van der Waals surface area contributed by atoms with Crippen molar-refractivity contribution in [3.05, 3.63) is 53.1 Å². The fourth-order valence-corrected chi connectivity index (χ4v) is 2.63. The van der Waals surface area contributed by atoms with E-state index in [0.29, 0.717) is 30.2 Å². The van der Waals surface area contributed by atoms with Gasteiger partial charge in [0, 0.05) is 30.7 Å². The summed E-state index contributed by atoms with van der Waals surface area (Å²) in [6, 6.07) is 6.35. The Balaban J connectivity index is 1.59. The van der Waals surface area contributed by atoms with Gasteiger partial charge in [0.05, 0.1) is 23.8 Å². The highest BCUT2D eigenvalue weighted by Crippen LogP contribution is 2.25. The zero-order valence-corrected chi connectivity index (χ0v) is 12.0. The van der Waals surface area contributed by atoms with Crippen molar-refractivity contribution < 1.29 is 15.0 Å². The van der Waals surface area contributed by atoms with Gasteiger partial charge in [-0.3, -0.25) is 5.32 Å². The van der Waals surface area contributed by atoms with Crippen LogP contribution in [-0.4, -0.2) is 25.3 Å². The predicted molar refractivity (Wildman–Crippen MR) is 77.4 cm³/mol. The van der Waals surface area contributed by atoms with E-state index >= 15 is 0 Å². The molecule has 0 aliphatic carbocycles. The van der Waals surface area contributed by atoms with Crippen molar-refractivity contribution in [2.75, 3.05) is 0 Å². The molecule has 4 rings (SSSR count). The van der Waals surface area contributed by atoms with Crippen LogP contribution in [0.4, 0.5) is 5.69 Å². The molecule has 1 aromatic carbocycles. The summed E-state index contributed by atoms with van der Waals surface area (Å²) in [6.45, 7) is 0.659. The Labute approximate surface area is 130 Å². The number of fused-ring (bicyclic) bond motifs is 1. The Morgan fingerprint density at radius 3 is 3.17 bits per heavy atom. The number of aromatic amines is 1. The lowest BCUT2D eigenvalue weighted by molar-refractivity contribution is -0.991. The Morgan fingerprint density at radius 1 is 1.39 bits per heavy atom. The number of nitrogens with zero attached hydrogens (tertiary/aromatic N) is 3. The van der Waals surface area contributed by atoms with Crippen LogP contribution in [-0.2, 0) is 13.0 Å². The Hall–Kier alpha value is -2.59. The fourth-order valence-electron chi connectivity index (χ4n) is 2.63. The van der Waals surface area contributed by atoms with Crippen molar-refractivity contribution in [3.63, 3.8) is 0 Å². The third kappa shape index (κ3) is 2.62. The molecule has 0 bridgehead atoms. The molecule has 2 atom stereocenters. The third-order valence-corrected chi connectivity index (χ3v) is 3.84. The monoisotopic (exact) mass is 314 g/mol. The molecular formula is C14H14N6O3. The molecule has 118 valence electrons. The van der Waals surface area contributed by atoms with Gasteiger partial charge in [-0.15, -0.1) is 0 Å². The lowest BCUT2D eigenvalue weighted by Crippen LogP contribution is -2.99. The molecule has 4 N–H and O–H groups in total. The topological polar surface area (TPSA) is 127 Å². The largest absolute Gasteiger partial charge is 0.595 e. The van der Waals surface area contributed by atoms with Gasteiger partial charge in [-0.05, 0) is 0 Å². The average molecular weight is 314 g/mol. The lowest BCUT2D eigenvalue weighted by Gasteiger charge is -2.19. The Kier molecular flexibility index (Phi) is 3.39. The third-order valence-electron chi connectivity index (χ3n) is 3.84. The molecule has 9 nitrogen and oxygen atoms in total. The molecule has 0 saturated carbocycles. The van der Waals surface area contributed by atoms with Gasteiger partial charge in [0.1, 0.15) is 0 Å². The van der Waals surface area contributed by atoms with Crippen LogP contribution in [0.1, 0.15) is 23.3 Å². The first-order valence-corrected chi connectivity index (χ1v) is 7.12. The van der Waals surface area contributed by atoms with E-state index in [1.54, 1.807) is 18.5 Å². The Morgan fingerprint density at radius 2 is 2.30 bits per heavy atom. The first-order chi connectivity index (χ1) is 11.2. The number of aromatic nitrogens is 4. The minimum absolute atomic E-state index is 0.102. The molecule has 0 radical (unpaired) electrons. The van der Waals surface area contributed by atoms with Crippen molar-refractivity contribution in [1.82, 2.24) is 25.4 Å². The molecular weight excluding hydrogens is 300 g/mol. The molecule has 0 amide bonds. The summed E-state index contributed by atoms with van der Waals surface area (Å²) in [5.41, 5.74) is 2.85.